The van der Waals surface area contributed by atoms with Crippen LogP contribution in [-0.2, 0) is 0 Å². The van der Waals surface area contributed by atoms with Gasteiger partial charge in [0.1, 0.15) is 5.75 Å². The van der Waals surface area contributed by atoms with Crippen molar-refractivity contribution in [2.45, 2.75) is 13.3 Å². The van der Waals surface area contributed by atoms with Gasteiger partial charge in [-0.3, -0.25) is 0 Å². The Morgan fingerprint density at radius 3 is 3.05 bits per heavy atom. The molecule has 0 aliphatic carbocycles. The minimum Gasteiger partial charge on any atom is -0.439 e. The van der Waals surface area contributed by atoms with Crippen molar-refractivity contribution in [1.29, 1.82) is 5.26 Å². The monoisotopic (exact) mass is 254 g/mol. The number of nitrogens with zero attached hydrogens (tertiary/aromatic N) is 3. The molecule has 1 aromatic heterocycles. The second-order valence-corrected chi connectivity index (χ2v) is 3.89. The predicted molar refractivity (Wildman–Crippen MR) is 72.0 cm³/mol. The number of rotatable bonds is 5. The molecule has 0 bridgehead atoms. The van der Waals surface area contributed by atoms with Crippen molar-refractivity contribution < 1.29 is 4.74 Å². The van der Waals surface area contributed by atoms with Crippen LogP contribution in [0, 0.1) is 11.3 Å². The molecular formula is C14H14N4O. The Kier molecular flexibility index (Phi) is 4.29. The Bertz CT molecular complexity index is 592. The molecule has 19 heavy (non-hydrogen) atoms. The van der Waals surface area contributed by atoms with Crippen LogP contribution >= 0.6 is 0 Å². The van der Waals surface area contributed by atoms with E-state index in [4.69, 9.17) is 10.00 Å². The van der Waals surface area contributed by atoms with Gasteiger partial charge in [0.25, 0.3) is 0 Å². The fourth-order valence-electron chi connectivity index (χ4n) is 1.47. The summed E-state index contributed by atoms with van der Waals surface area (Å²) in [5.74, 6) is 1.57. The summed E-state index contributed by atoms with van der Waals surface area (Å²) in [7, 11) is 0. The molecule has 0 radical (unpaired) electrons. The highest BCUT2D eigenvalue weighted by atomic mass is 16.5. The van der Waals surface area contributed by atoms with E-state index in [9.17, 15) is 0 Å². The van der Waals surface area contributed by atoms with Crippen LogP contribution < -0.4 is 10.1 Å². The normalized spacial score (nSPS) is 9.68. The van der Waals surface area contributed by atoms with Crippen molar-refractivity contribution >= 4 is 5.95 Å². The largest absolute Gasteiger partial charge is 0.439 e. The zero-order chi connectivity index (χ0) is 13.5. The third kappa shape index (κ3) is 3.68. The molecule has 1 aromatic carbocycles. The van der Waals surface area contributed by atoms with Crippen molar-refractivity contribution in [2.24, 2.45) is 0 Å². The molecule has 0 saturated carbocycles. The average Bonchev–Trinajstić information content (AvgIpc) is 2.46. The zero-order valence-electron chi connectivity index (χ0n) is 10.6. The van der Waals surface area contributed by atoms with Gasteiger partial charge in [-0.05, 0) is 24.6 Å². The maximum absolute atomic E-state index is 8.83. The molecule has 2 rings (SSSR count). The first-order valence-electron chi connectivity index (χ1n) is 6.06. The lowest BCUT2D eigenvalue weighted by Crippen LogP contribution is -2.04. The standard InChI is InChI=1S/C14H14N4O/c1-2-7-16-14-17-8-6-13(18-14)19-12-5-3-4-11(9-12)10-15/h3-6,8-9H,2,7H2,1H3,(H,16,17,18). The van der Waals surface area contributed by atoms with E-state index in [1.807, 2.05) is 0 Å². The molecule has 0 atom stereocenters. The van der Waals surface area contributed by atoms with Crippen molar-refractivity contribution in [1.82, 2.24) is 9.97 Å². The molecule has 0 unspecified atom stereocenters. The highest BCUT2D eigenvalue weighted by Gasteiger charge is 2.02. The van der Waals surface area contributed by atoms with Gasteiger partial charge in [-0.1, -0.05) is 13.0 Å². The van der Waals surface area contributed by atoms with Gasteiger partial charge in [0.05, 0.1) is 11.6 Å². The smallest absolute Gasteiger partial charge is 0.225 e. The van der Waals surface area contributed by atoms with Crippen molar-refractivity contribution in [3.63, 3.8) is 0 Å². The van der Waals surface area contributed by atoms with E-state index >= 15 is 0 Å². The fourth-order valence-corrected chi connectivity index (χ4v) is 1.47. The predicted octanol–water partition coefficient (Wildman–Crippen LogP) is 2.96. The van der Waals surface area contributed by atoms with Gasteiger partial charge in [-0.25, -0.2) is 4.98 Å². The number of nitrogens with one attached hydrogen (secondary N) is 1. The Labute approximate surface area is 111 Å². The quantitative estimate of drug-likeness (QED) is 0.888. The van der Waals surface area contributed by atoms with Crippen LogP contribution in [0.5, 0.6) is 11.6 Å². The summed E-state index contributed by atoms with van der Waals surface area (Å²) in [4.78, 5) is 8.33. The maximum atomic E-state index is 8.83. The highest BCUT2D eigenvalue weighted by Crippen LogP contribution is 2.20. The molecule has 2 aromatic rings. The van der Waals surface area contributed by atoms with Gasteiger partial charge < -0.3 is 10.1 Å². The number of nitriles is 1. The zero-order valence-corrected chi connectivity index (χ0v) is 10.6. The summed E-state index contributed by atoms with van der Waals surface area (Å²) in [6.07, 6.45) is 2.63. The first-order valence-corrected chi connectivity index (χ1v) is 6.06. The van der Waals surface area contributed by atoms with E-state index < -0.39 is 0 Å². The molecule has 0 fully saturated rings. The minimum atomic E-state index is 0.448. The van der Waals surface area contributed by atoms with E-state index in [2.05, 4.69) is 28.3 Å². The van der Waals surface area contributed by atoms with Gasteiger partial charge in [0.15, 0.2) is 0 Å². The molecule has 1 heterocycles. The number of aromatic nitrogens is 2. The van der Waals surface area contributed by atoms with E-state index in [0.717, 1.165) is 13.0 Å². The highest BCUT2D eigenvalue weighted by molar-refractivity contribution is 5.38. The van der Waals surface area contributed by atoms with Gasteiger partial charge in [0, 0.05) is 18.8 Å². The molecule has 1 N–H and O–H groups in total. The Morgan fingerprint density at radius 1 is 1.37 bits per heavy atom. The number of anilines is 1. The van der Waals surface area contributed by atoms with Gasteiger partial charge in [-0.2, -0.15) is 10.2 Å². The van der Waals surface area contributed by atoms with Crippen molar-refractivity contribution in [2.75, 3.05) is 11.9 Å². The van der Waals surface area contributed by atoms with E-state index in [0.29, 0.717) is 23.1 Å². The summed E-state index contributed by atoms with van der Waals surface area (Å²) < 4.78 is 5.60. The van der Waals surface area contributed by atoms with Crippen molar-refractivity contribution in [3.05, 3.63) is 42.1 Å². The molecular weight excluding hydrogens is 240 g/mol. The maximum Gasteiger partial charge on any atom is 0.225 e. The van der Waals surface area contributed by atoms with Gasteiger partial charge in [-0.15, -0.1) is 0 Å². The molecule has 0 amide bonds. The summed E-state index contributed by atoms with van der Waals surface area (Å²) in [5.41, 5.74) is 0.552. The van der Waals surface area contributed by atoms with Crippen LogP contribution in [0.4, 0.5) is 5.95 Å². The molecule has 0 aliphatic rings. The lowest BCUT2D eigenvalue weighted by Gasteiger charge is -2.07. The van der Waals surface area contributed by atoms with Crippen LogP contribution in [-0.4, -0.2) is 16.5 Å². The van der Waals surface area contributed by atoms with Crippen LogP contribution in [0.3, 0.4) is 0 Å². The minimum absolute atomic E-state index is 0.448. The van der Waals surface area contributed by atoms with Crippen molar-refractivity contribution in [3.8, 4) is 17.7 Å². The Hall–Kier alpha value is -2.61. The van der Waals surface area contributed by atoms with E-state index in [1.165, 1.54) is 0 Å². The molecule has 0 spiro atoms. The Balaban J connectivity index is 2.12. The molecule has 0 aliphatic heterocycles. The third-order valence-electron chi connectivity index (χ3n) is 2.35. The van der Waals surface area contributed by atoms with E-state index in [-0.39, 0.29) is 0 Å². The van der Waals surface area contributed by atoms with Gasteiger partial charge in [0.2, 0.25) is 11.8 Å². The molecule has 5 nitrogen and oxygen atoms in total. The number of hydrogen-bond donors (Lipinski definition) is 1. The van der Waals surface area contributed by atoms with Crippen LogP contribution in [0.25, 0.3) is 0 Å². The third-order valence-corrected chi connectivity index (χ3v) is 2.35. The summed E-state index contributed by atoms with van der Waals surface area (Å²) in [6.45, 7) is 2.88. The lowest BCUT2D eigenvalue weighted by atomic mass is 10.2. The summed E-state index contributed by atoms with van der Waals surface area (Å²) in [5, 5.41) is 11.9. The second kappa shape index (κ2) is 6.36. The molecule has 0 saturated heterocycles. The number of ether oxygens (including phenoxy) is 1. The summed E-state index contributed by atoms with van der Waals surface area (Å²) in [6, 6.07) is 10.7. The fraction of sp³-hybridized carbons (Fsp3) is 0.214. The topological polar surface area (TPSA) is 70.8 Å². The average molecular weight is 254 g/mol. The first-order chi connectivity index (χ1) is 9.31. The SMILES string of the molecule is CCCNc1nccc(Oc2cccc(C#N)c2)n1. The van der Waals surface area contributed by atoms with Crippen LogP contribution in [0.1, 0.15) is 18.9 Å². The van der Waals surface area contributed by atoms with E-state index in [1.54, 1.807) is 36.5 Å². The number of hydrogen-bond acceptors (Lipinski definition) is 5. The molecule has 96 valence electrons. The lowest BCUT2D eigenvalue weighted by molar-refractivity contribution is 0.462. The summed E-state index contributed by atoms with van der Waals surface area (Å²) >= 11 is 0. The number of benzene rings is 1. The Morgan fingerprint density at radius 2 is 2.26 bits per heavy atom. The second-order valence-electron chi connectivity index (χ2n) is 3.89. The first kappa shape index (κ1) is 12.8. The van der Waals surface area contributed by atoms with Crippen LogP contribution in [0.15, 0.2) is 36.5 Å². The van der Waals surface area contributed by atoms with Crippen LogP contribution in [0.2, 0.25) is 0 Å². The van der Waals surface area contributed by atoms with Gasteiger partial charge >= 0.3 is 0 Å². The molecule has 5 heteroatoms.